The molecule has 0 aliphatic rings. The fraction of sp³-hybridized carbons (Fsp3) is 0.167. The Labute approximate surface area is 144 Å². The molecule has 25 heavy (non-hydrogen) atoms. The first-order chi connectivity index (χ1) is 12.3. The molecule has 128 valence electrons. The highest BCUT2D eigenvalue weighted by Crippen LogP contribution is 2.20. The van der Waals surface area contributed by atoms with Crippen LogP contribution in [0.1, 0.15) is 0 Å². The van der Waals surface area contributed by atoms with Crippen molar-refractivity contribution in [1.29, 1.82) is 0 Å². The molecule has 0 aliphatic heterocycles. The molecule has 3 rings (SSSR count). The van der Waals surface area contributed by atoms with Crippen molar-refractivity contribution in [2.24, 2.45) is 0 Å². The molecule has 0 spiro atoms. The van der Waals surface area contributed by atoms with Gasteiger partial charge in [-0.3, -0.25) is 4.79 Å². The van der Waals surface area contributed by atoms with E-state index >= 15 is 0 Å². The van der Waals surface area contributed by atoms with Gasteiger partial charge in [0.15, 0.2) is 6.61 Å². The average molecular weight is 339 g/mol. The van der Waals surface area contributed by atoms with Crippen molar-refractivity contribution < 1.29 is 18.7 Å². The van der Waals surface area contributed by atoms with Crippen molar-refractivity contribution in [3.63, 3.8) is 0 Å². The van der Waals surface area contributed by atoms with E-state index in [4.69, 9.17) is 13.9 Å². The third-order valence-electron chi connectivity index (χ3n) is 3.27. The maximum absolute atomic E-state index is 11.8. The maximum Gasteiger partial charge on any atom is 0.258 e. The Morgan fingerprint density at radius 2 is 1.76 bits per heavy atom. The van der Waals surface area contributed by atoms with Crippen LogP contribution in [0.25, 0.3) is 11.5 Å². The normalized spacial score (nSPS) is 10.2. The zero-order valence-corrected chi connectivity index (χ0v) is 13.4. The third-order valence-corrected chi connectivity index (χ3v) is 3.27. The Kier molecular flexibility index (Phi) is 5.60. The number of carbonyl (C=O) groups excluding carboxylic acids is 1. The number of para-hydroxylation sites is 1. The van der Waals surface area contributed by atoms with Gasteiger partial charge in [-0.15, -0.1) is 10.2 Å². The smallest absolute Gasteiger partial charge is 0.258 e. The van der Waals surface area contributed by atoms with E-state index in [1.807, 2.05) is 30.3 Å². The van der Waals surface area contributed by atoms with Crippen molar-refractivity contribution in [2.75, 3.05) is 19.8 Å². The number of rotatable bonds is 8. The highest BCUT2D eigenvalue weighted by Gasteiger charge is 2.05. The van der Waals surface area contributed by atoms with Crippen molar-refractivity contribution in [1.82, 2.24) is 15.5 Å². The zero-order chi connectivity index (χ0) is 17.3. The van der Waals surface area contributed by atoms with E-state index in [1.165, 1.54) is 6.39 Å². The quantitative estimate of drug-likeness (QED) is 0.634. The first-order valence-corrected chi connectivity index (χ1v) is 7.75. The molecule has 1 N–H and O–H groups in total. The Balaban J connectivity index is 1.36. The first kappa shape index (κ1) is 16.5. The van der Waals surface area contributed by atoms with Crippen LogP contribution in [0.4, 0.5) is 0 Å². The minimum atomic E-state index is -0.211. The predicted octanol–water partition coefficient (Wildman–Crippen LogP) is 2.31. The van der Waals surface area contributed by atoms with Gasteiger partial charge in [-0.05, 0) is 36.4 Å². The molecule has 0 radical (unpaired) electrons. The number of nitrogens with zero attached hydrogens (tertiary/aromatic N) is 2. The summed E-state index contributed by atoms with van der Waals surface area (Å²) < 4.78 is 16.0. The van der Waals surface area contributed by atoms with E-state index in [-0.39, 0.29) is 12.5 Å². The molecule has 0 saturated heterocycles. The Bertz CT molecular complexity index is 774. The summed E-state index contributed by atoms with van der Waals surface area (Å²) in [4.78, 5) is 11.8. The van der Waals surface area contributed by atoms with Crippen LogP contribution in [0.5, 0.6) is 11.5 Å². The highest BCUT2D eigenvalue weighted by atomic mass is 16.5. The lowest BCUT2D eigenvalue weighted by Gasteiger charge is -2.09. The van der Waals surface area contributed by atoms with Gasteiger partial charge in [0.25, 0.3) is 5.91 Å². The number of hydrogen-bond donors (Lipinski definition) is 1. The van der Waals surface area contributed by atoms with Crippen LogP contribution < -0.4 is 14.8 Å². The molecule has 1 amide bonds. The van der Waals surface area contributed by atoms with Gasteiger partial charge in [-0.1, -0.05) is 18.2 Å². The van der Waals surface area contributed by atoms with Gasteiger partial charge in [0.1, 0.15) is 18.1 Å². The van der Waals surface area contributed by atoms with E-state index in [0.717, 1.165) is 11.3 Å². The Morgan fingerprint density at radius 3 is 2.48 bits per heavy atom. The summed E-state index contributed by atoms with van der Waals surface area (Å²) in [7, 11) is 0. The van der Waals surface area contributed by atoms with Crippen molar-refractivity contribution >= 4 is 5.91 Å². The number of carbonyl (C=O) groups is 1. The minimum absolute atomic E-state index is 0.0642. The first-order valence-electron chi connectivity index (χ1n) is 7.75. The molecule has 1 heterocycles. The number of hydrogen-bond acceptors (Lipinski definition) is 6. The second-order valence-electron chi connectivity index (χ2n) is 5.07. The van der Waals surface area contributed by atoms with Crippen LogP contribution in [0, 0.1) is 0 Å². The summed E-state index contributed by atoms with van der Waals surface area (Å²) in [6.07, 6.45) is 1.27. The van der Waals surface area contributed by atoms with Crippen LogP contribution in [-0.4, -0.2) is 35.9 Å². The summed E-state index contributed by atoms with van der Waals surface area (Å²) in [5.74, 6) is 1.58. The fourth-order valence-corrected chi connectivity index (χ4v) is 2.07. The largest absolute Gasteiger partial charge is 0.492 e. The van der Waals surface area contributed by atoms with E-state index in [9.17, 15) is 4.79 Å². The third kappa shape index (κ3) is 5.07. The molecule has 7 nitrogen and oxygen atoms in total. The molecular formula is C18H17N3O4. The predicted molar refractivity (Wildman–Crippen MR) is 90.2 cm³/mol. The molecule has 0 fully saturated rings. The SMILES string of the molecule is O=C(COc1ccc(-c2nnco2)cc1)NCCOc1ccccc1. The summed E-state index contributed by atoms with van der Waals surface area (Å²) in [5, 5.41) is 10.2. The molecule has 1 aromatic heterocycles. The number of benzene rings is 2. The van der Waals surface area contributed by atoms with E-state index in [0.29, 0.717) is 24.8 Å². The summed E-state index contributed by atoms with van der Waals surface area (Å²) in [6.45, 7) is 0.743. The lowest BCUT2D eigenvalue weighted by Crippen LogP contribution is -2.32. The fourth-order valence-electron chi connectivity index (χ4n) is 2.07. The molecule has 7 heteroatoms. The molecule has 0 atom stereocenters. The summed E-state index contributed by atoms with van der Waals surface area (Å²) in [6, 6.07) is 16.5. The molecule has 3 aromatic rings. The highest BCUT2D eigenvalue weighted by molar-refractivity contribution is 5.77. The van der Waals surface area contributed by atoms with E-state index < -0.39 is 0 Å². The van der Waals surface area contributed by atoms with Gasteiger partial charge < -0.3 is 19.2 Å². The van der Waals surface area contributed by atoms with Gasteiger partial charge in [0.05, 0.1) is 6.54 Å². The molecular weight excluding hydrogens is 322 g/mol. The standard InChI is InChI=1S/C18H17N3O4/c22-17(19-10-11-23-15-4-2-1-3-5-15)12-24-16-8-6-14(7-9-16)18-21-20-13-25-18/h1-9,13H,10-12H2,(H,19,22). The molecule has 2 aromatic carbocycles. The van der Waals surface area contributed by atoms with Gasteiger partial charge in [-0.2, -0.15) is 0 Å². The van der Waals surface area contributed by atoms with Crippen LogP contribution in [0.15, 0.2) is 65.4 Å². The van der Waals surface area contributed by atoms with Crippen LogP contribution in [0.2, 0.25) is 0 Å². The minimum Gasteiger partial charge on any atom is -0.492 e. The van der Waals surface area contributed by atoms with Crippen LogP contribution in [0.3, 0.4) is 0 Å². The zero-order valence-electron chi connectivity index (χ0n) is 13.4. The monoisotopic (exact) mass is 339 g/mol. The van der Waals surface area contributed by atoms with Crippen molar-refractivity contribution in [2.45, 2.75) is 0 Å². The second-order valence-corrected chi connectivity index (χ2v) is 5.07. The second kappa shape index (κ2) is 8.49. The van der Waals surface area contributed by atoms with Gasteiger partial charge in [0, 0.05) is 5.56 Å². The number of nitrogens with one attached hydrogen (secondary N) is 1. The molecule has 0 unspecified atom stereocenters. The topological polar surface area (TPSA) is 86.5 Å². The number of ether oxygens (including phenoxy) is 2. The summed E-state index contributed by atoms with van der Waals surface area (Å²) in [5.41, 5.74) is 0.785. The Hall–Kier alpha value is -3.35. The number of amides is 1. The van der Waals surface area contributed by atoms with Crippen LogP contribution >= 0.6 is 0 Å². The average Bonchev–Trinajstić information content (AvgIpc) is 3.20. The molecule has 0 bridgehead atoms. The molecule has 0 aliphatic carbocycles. The molecule has 0 saturated carbocycles. The van der Waals surface area contributed by atoms with Gasteiger partial charge >= 0.3 is 0 Å². The van der Waals surface area contributed by atoms with Gasteiger partial charge in [-0.25, -0.2) is 0 Å². The van der Waals surface area contributed by atoms with Crippen LogP contribution in [-0.2, 0) is 4.79 Å². The summed E-state index contributed by atoms with van der Waals surface area (Å²) >= 11 is 0. The Morgan fingerprint density at radius 1 is 1.00 bits per heavy atom. The lowest BCUT2D eigenvalue weighted by atomic mass is 10.2. The van der Waals surface area contributed by atoms with E-state index in [2.05, 4.69) is 15.5 Å². The van der Waals surface area contributed by atoms with Crippen molar-refractivity contribution in [3.05, 3.63) is 61.0 Å². The van der Waals surface area contributed by atoms with Gasteiger partial charge in [0.2, 0.25) is 12.3 Å². The van der Waals surface area contributed by atoms with Crippen molar-refractivity contribution in [3.8, 4) is 23.0 Å². The van der Waals surface area contributed by atoms with E-state index in [1.54, 1.807) is 24.3 Å². The maximum atomic E-state index is 11.8. The lowest BCUT2D eigenvalue weighted by molar-refractivity contribution is -0.123. The number of aromatic nitrogens is 2.